The van der Waals surface area contributed by atoms with Crippen LogP contribution in [0.25, 0.3) is 0 Å². The Morgan fingerprint density at radius 3 is 2.38 bits per heavy atom. The fourth-order valence-corrected chi connectivity index (χ4v) is 4.77. The van der Waals surface area contributed by atoms with Crippen molar-refractivity contribution in [2.75, 3.05) is 10.2 Å². The summed E-state index contributed by atoms with van der Waals surface area (Å²) in [6.45, 7) is -0.0339. The van der Waals surface area contributed by atoms with Crippen LogP contribution in [0.1, 0.15) is 22.5 Å². The zero-order valence-electron chi connectivity index (χ0n) is 22.1. The molecule has 0 radical (unpaired) electrons. The molecule has 1 aliphatic heterocycles. The summed E-state index contributed by atoms with van der Waals surface area (Å²) in [5.41, 5.74) is 1.39. The number of non-ortho nitro benzene ring substituents is 1. The molecule has 2 amide bonds. The first-order chi connectivity index (χ1) is 20.2. The fraction of sp³-hybridized carbons (Fsp3) is 0.143. The van der Waals surface area contributed by atoms with Gasteiger partial charge in [0.2, 0.25) is 5.27 Å². The summed E-state index contributed by atoms with van der Waals surface area (Å²) in [5, 5.41) is 30.7. The van der Waals surface area contributed by atoms with Crippen molar-refractivity contribution in [1.82, 2.24) is 10.2 Å². The molecular weight excluding hydrogens is 562 g/mol. The van der Waals surface area contributed by atoms with Crippen molar-refractivity contribution in [2.45, 2.75) is 19.0 Å². The average molecular weight is 586 g/mol. The number of rotatable bonds is 9. The van der Waals surface area contributed by atoms with Gasteiger partial charge in [-0.1, -0.05) is 36.4 Å². The van der Waals surface area contributed by atoms with Crippen LogP contribution in [0.3, 0.4) is 0 Å². The number of nitrogens with zero attached hydrogens (tertiary/aromatic N) is 6. The SMILES string of the molecule is C[n+]1noc(NC(=O)c2ccccc2)c1CN1C(=S)N(c2ccccc2)C(=O)C1CC([O-])=Nc1ccc([N+](=O)[O-])cc1. The lowest BCUT2D eigenvalue weighted by Crippen LogP contribution is -2.43. The molecule has 1 unspecified atom stereocenters. The molecule has 0 aliphatic carbocycles. The molecule has 3 aromatic carbocycles. The van der Waals surface area contributed by atoms with Gasteiger partial charge in [-0.2, -0.15) is 0 Å². The lowest BCUT2D eigenvalue weighted by molar-refractivity contribution is -0.746. The van der Waals surface area contributed by atoms with Gasteiger partial charge in [0.1, 0.15) is 12.6 Å². The zero-order chi connectivity index (χ0) is 29.8. The van der Waals surface area contributed by atoms with E-state index in [9.17, 15) is 24.8 Å². The van der Waals surface area contributed by atoms with Gasteiger partial charge in [0.25, 0.3) is 23.2 Å². The molecule has 212 valence electrons. The van der Waals surface area contributed by atoms with Gasteiger partial charge in [0, 0.05) is 24.1 Å². The van der Waals surface area contributed by atoms with Crippen LogP contribution in [0.2, 0.25) is 0 Å². The number of aryl methyl sites for hydroxylation is 1. The van der Waals surface area contributed by atoms with E-state index in [0.29, 0.717) is 16.9 Å². The quantitative estimate of drug-likeness (QED) is 0.0777. The number of benzene rings is 3. The zero-order valence-corrected chi connectivity index (χ0v) is 22.9. The third-order valence-electron chi connectivity index (χ3n) is 6.51. The molecule has 1 N–H and O–H groups in total. The van der Waals surface area contributed by atoms with Crippen molar-refractivity contribution in [1.29, 1.82) is 0 Å². The van der Waals surface area contributed by atoms with Gasteiger partial charge < -0.3 is 10.0 Å². The average Bonchev–Trinajstić information content (AvgIpc) is 3.44. The van der Waals surface area contributed by atoms with Crippen molar-refractivity contribution in [2.24, 2.45) is 12.0 Å². The minimum absolute atomic E-state index is 0.0339. The molecule has 1 aliphatic rings. The van der Waals surface area contributed by atoms with Crippen LogP contribution in [-0.4, -0.2) is 44.0 Å². The maximum absolute atomic E-state index is 13.7. The van der Waals surface area contributed by atoms with E-state index in [1.54, 1.807) is 72.6 Å². The minimum atomic E-state index is -1.04. The van der Waals surface area contributed by atoms with Crippen LogP contribution in [-0.2, 0) is 18.4 Å². The summed E-state index contributed by atoms with van der Waals surface area (Å²) in [6.07, 6.45) is -0.333. The Labute approximate surface area is 244 Å². The van der Waals surface area contributed by atoms with Crippen molar-refractivity contribution in [3.05, 3.63) is 106 Å². The highest BCUT2D eigenvalue weighted by Gasteiger charge is 2.45. The molecule has 0 spiro atoms. The lowest BCUT2D eigenvalue weighted by Gasteiger charge is -2.24. The van der Waals surface area contributed by atoms with Crippen LogP contribution in [0, 0.1) is 10.1 Å². The Morgan fingerprint density at radius 2 is 1.74 bits per heavy atom. The highest BCUT2D eigenvalue weighted by molar-refractivity contribution is 7.80. The van der Waals surface area contributed by atoms with E-state index >= 15 is 0 Å². The summed E-state index contributed by atoms with van der Waals surface area (Å²) < 4.78 is 6.77. The van der Waals surface area contributed by atoms with Crippen LogP contribution in [0.5, 0.6) is 0 Å². The summed E-state index contributed by atoms with van der Waals surface area (Å²) in [4.78, 5) is 43.8. The second-order valence-corrected chi connectivity index (χ2v) is 9.58. The van der Waals surface area contributed by atoms with Gasteiger partial charge in [-0.15, -0.1) is 0 Å². The number of nitrogens with one attached hydrogen (secondary N) is 1. The second kappa shape index (κ2) is 11.9. The topological polar surface area (TPSA) is 161 Å². The number of aliphatic imine (C=N–C) groups is 1. The summed E-state index contributed by atoms with van der Waals surface area (Å²) in [5.74, 6) is -1.43. The number of aromatic nitrogens is 2. The number of amides is 2. The van der Waals surface area contributed by atoms with Crippen molar-refractivity contribution in [3.8, 4) is 0 Å². The van der Waals surface area contributed by atoms with E-state index in [4.69, 9.17) is 16.7 Å². The van der Waals surface area contributed by atoms with E-state index in [-0.39, 0.29) is 35.3 Å². The molecule has 1 fully saturated rings. The first-order valence-corrected chi connectivity index (χ1v) is 13.0. The van der Waals surface area contributed by atoms with E-state index < -0.39 is 28.7 Å². The molecule has 13 nitrogen and oxygen atoms in total. The Bertz CT molecular complexity index is 1680. The number of carbonyl (C=O) groups is 2. The standard InChI is InChI=1S/C28H23N7O6S/c1-32-23(26(41-31-32)30-25(37)18-8-4-2-5-9-18)17-33-22(27(38)34(28(33)42)20-10-6-3-7-11-20)16-24(36)29-19-12-14-21(15-13-19)35(39)40/h2-15,22H,16-17H2,1H3,(H-,29,30,31,36,37). The van der Waals surface area contributed by atoms with Crippen LogP contribution >= 0.6 is 12.2 Å². The number of anilines is 2. The third-order valence-corrected chi connectivity index (χ3v) is 6.92. The molecule has 4 aromatic rings. The molecule has 5 rings (SSSR count). The van der Waals surface area contributed by atoms with Gasteiger partial charge in [-0.25, -0.2) is 0 Å². The summed E-state index contributed by atoms with van der Waals surface area (Å²) >= 11 is 5.72. The third kappa shape index (κ3) is 5.83. The van der Waals surface area contributed by atoms with Crippen molar-refractivity contribution >= 4 is 58.0 Å². The maximum Gasteiger partial charge on any atom is 0.307 e. The van der Waals surface area contributed by atoms with Crippen LogP contribution in [0.4, 0.5) is 22.9 Å². The second-order valence-electron chi connectivity index (χ2n) is 9.21. The molecule has 1 aromatic heterocycles. The number of para-hydroxylation sites is 1. The van der Waals surface area contributed by atoms with Gasteiger partial charge in [-0.05, 0) is 59.2 Å². The monoisotopic (exact) mass is 585 g/mol. The van der Waals surface area contributed by atoms with E-state index in [1.165, 1.54) is 33.8 Å². The number of carbonyl (C=O) groups excluding carboxylic acids is 2. The Hall–Kier alpha value is -5.50. The predicted molar refractivity (Wildman–Crippen MR) is 153 cm³/mol. The van der Waals surface area contributed by atoms with E-state index in [0.717, 1.165) is 0 Å². The number of thiocarbonyl (C=S) groups is 1. The number of nitro groups is 1. The predicted octanol–water partition coefficient (Wildman–Crippen LogP) is 2.64. The van der Waals surface area contributed by atoms with Gasteiger partial charge >= 0.3 is 5.88 Å². The van der Waals surface area contributed by atoms with Crippen molar-refractivity contribution in [3.63, 3.8) is 0 Å². The van der Waals surface area contributed by atoms with Gasteiger partial charge in [0.15, 0.2) is 12.2 Å². The normalized spacial score (nSPS) is 15.3. The maximum atomic E-state index is 13.7. The number of nitro benzene ring substituents is 1. The van der Waals surface area contributed by atoms with E-state index in [1.807, 2.05) is 0 Å². The summed E-state index contributed by atoms with van der Waals surface area (Å²) in [6, 6.07) is 21.4. The van der Waals surface area contributed by atoms with E-state index in [2.05, 4.69) is 15.6 Å². The van der Waals surface area contributed by atoms with Crippen LogP contribution in [0.15, 0.2) is 94.4 Å². The van der Waals surface area contributed by atoms with Gasteiger partial charge in [0.05, 0.1) is 16.3 Å². The minimum Gasteiger partial charge on any atom is -0.862 e. The first-order valence-electron chi connectivity index (χ1n) is 12.6. The highest BCUT2D eigenvalue weighted by Crippen LogP contribution is 2.30. The van der Waals surface area contributed by atoms with Crippen molar-refractivity contribution < 1.29 is 28.8 Å². The Kier molecular flexibility index (Phi) is 7.97. The molecule has 1 saturated heterocycles. The molecule has 1 atom stereocenters. The lowest BCUT2D eigenvalue weighted by atomic mass is 10.1. The number of hydrogen-bond donors (Lipinski definition) is 1. The Balaban J connectivity index is 1.44. The molecule has 2 heterocycles. The largest absolute Gasteiger partial charge is 0.862 e. The molecule has 0 bridgehead atoms. The molecule has 42 heavy (non-hydrogen) atoms. The smallest absolute Gasteiger partial charge is 0.307 e. The molecular formula is C28H23N7O6S. The highest BCUT2D eigenvalue weighted by atomic mass is 32.1. The Morgan fingerprint density at radius 1 is 1.10 bits per heavy atom. The first kappa shape index (κ1) is 28.0. The molecule has 14 heteroatoms. The molecule has 0 saturated carbocycles. The van der Waals surface area contributed by atoms with Gasteiger partial charge in [-0.3, -0.25) is 39.4 Å². The van der Waals surface area contributed by atoms with Crippen LogP contribution < -0.4 is 20.0 Å². The fourth-order valence-electron chi connectivity index (χ4n) is 4.38. The number of hydrogen-bond acceptors (Lipinski definition) is 9. The summed E-state index contributed by atoms with van der Waals surface area (Å²) in [7, 11) is 1.61.